The molecule has 1 aromatic rings. The van der Waals surface area contributed by atoms with Crippen LogP contribution in [0, 0.1) is 10.4 Å². The Hall–Kier alpha value is -2.78. The molecule has 0 aromatic carbocycles. The number of rotatable bonds is 2. The zero-order valence-electron chi connectivity index (χ0n) is 14.5. The average molecular weight is 342 g/mol. The van der Waals surface area contributed by atoms with Crippen LogP contribution in [0.3, 0.4) is 0 Å². The van der Waals surface area contributed by atoms with Crippen LogP contribution in [-0.4, -0.2) is 23.4 Å². The van der Waals surface area contributed by atoms with E-state index in [1.807, 2.05) is 0 Å². The van der Waals surface area contributed by atoms with Crippen molar-refractivity contribution >= 4 is 23.8 Å². The Balaban J connectivity index is 2.86. The monoisotopic (exact) mass is 342 g/mol. The molecule has 0 atom stereocenters. The highest BCUT2D eigenvalue weighted by Crippen LogP contribution is 2.10. The van der Waals surface area contributed by atoms with Crippen LogP contribution in [0.5, 0.6) is 0 Å². The Morgan fingerprint density at radius 2 is 1.12 bits per heavy atom. The first-order valence-electron chi connectivity index (χ1n) is 7.13. The van der Waals surface area contributed by atoms with Crippen LogP contribution in [0.15, 0.2) is 12.4 Å². The van der Waals surface area contributed by atoms with Crippen molar-refractivity contribution in [2.75, 3.05) is 10.6 Å². The van der Waals surface area contributed by atoms with Crippen molar-refractivity contribution in [3.05, 3.63) is 22.8 Å². The molecule has 2 amide bonds. The van der Waals surface area contributed by atoms with Crippen LogP contribution in [0.1, 0.15) is 41.5 Å². The molecule has 0 aliphatic rings. The average Bonchev–Trinajstić information content (AvgIpc) is 2.30. The highest BCUT2D eigenvalue weighted by molar-refractivity contribution is 5.83. The summed E-state index contributed by atoms with van der Waals surface area (Å²) in [5.41, 5.74) is -1.52. The number of aromatic nitrogens is 2. The summed E-state index contributed by atoms with van der Waals surface area (Å²) in [7, 11) is 0. The summed E-state index contributed by atoms with van der Waals surface area (Å²) in [5, 5.41) is 28.0. The normalized spacial score (nSPS) is 11.6. The van der Waals surface area contributed by atoms with E-state index in [4.69, 9.17) is 9.47 Å². The van der Waals surface area contributed by atoms with E-state index >= 15 is 0 Å². The third-order valence-electron chi connectivity index (χ3n) is 2.21. The van der Waals surface area contributed by atoms with Gasteiger partial charge in [-0.2, -0.15) is 20.2 Å². The highest BCUT2D eigenvalue weighted by Gasteiger charge is 2.25. The van der Waals surface area contributed by atoms with E-state index in [9.17, 15) is 20.0 Å². The summed E-state index contributed by atoms with van der Waals surface area (Å²) in [5.74, 6) is -0.706. The number of amides is 2. The number of ether oxygens (including phenoxy) is 2. The molecule has 1 rings (SSSR count). The summed E-state index contributed by atoms with van der Waals surface area (Å²) in [6.07, 6.45) is -0.187. The first-order chi connectivity index (χ1) is 10.8. The van der Waals surface area contributed by atoms with E-state index in [1.165, 1.54) is 0 Å². The summed E-state index contributed by atoms with van der Waals surface area (Å²) >= 11 is 0. The molecule has 0 saturated carbocycles. The van der Waals surface area contributed by atoms with Crippen molar-refractivity contribution in [3.63, 3.8) is 0 Å². The molecule has 10 heteroatoms. The van der Waals surface area contributed by atoms with Gasteiger partial charge in [-0.3, -0.25) is 0 Å². The Morgan fingerprint density at radius 1 is 0.833 bits per heavy atom. The molecule has 0 spiro atoms. The predicted molar refractivity (Wildman–Crippen MR) is 84.1 cm³/mol. The molecule has 0 bridgehead atoms. The molecule has 0 aliphatic carbocycles. The van der Waals surface area contributed by atoms with Crippen LogP contribution in [-0.2, 0) is 9.47 Å². The second kappa shape index (κ2) is 6.77. The molecule has 24 heavy (non-hydrogen) atoms. The number of anilines is 2. The summed E-state index contributed by atoms with van der Waals surface area (Å²) in [6, 6.07) is 0. The van der Waals surface area contributed by atoms with Gasteiger partial charge >= 0.3 is 23.8 Å². The number of hydrogen-bond acceptors (Lipinski definition) is 6. The minimum absolute atomic E-state index is 0.213. The molecule has 0 aliphatic heterocycles. The smallest absolute Gasteiger partial charge is 0.505 e. The van der Waals surface area contributed by atoms with E-state index in [1.54, 1.807) is 41.5 Å². The quantitative estimate of drug-likeness (QED) is 0.620. The van der Waals surface area contributed by atoms with Crippen molar-refractivity contribution in [2.45, 2.75) is 52.7 Å². The molecule has 0 fully saturated rings. The SMILES string of the molecule is CC(C)(C)OC(=O)Nc1c[n+]([O-])c(NC(=O)OC(C)(C)C)c[n+]1[O-]. The lowest BCUT2D eigenvalue weighted by molar-refractivity contribution is -0.643. The van der Waals surface area contributed by atoms with Gasteiger partial charge in [-0.25, -0.2) is 9.46 Å². The van der Waals surface area contributed by atoms with E-state index in [2.05, 4.69) is 10.6 Å². The van der Waals surface area contributed by atoms with Gasteiger partial charge in [0.1, 0.15) is 11.2 Å². The highest BCUT2D eigenvalue weighted by atomic mass is 16.6. The van der Waals surface area contributed by atoms with Gasteiger partial charge in [0.15, 0.2) is 12.4 Å². The van der Waals surface area contributed by atoms with Crippen molar-refractivity contribution in [2.24, 2.45) is 0 Å². The molecular weight excluding hydrogens is 320 g/mol. The second-order valence-electron chi connectivity index (χ2n) is 6.93. The van der Waals surface area contributed by atoms with E-state index in [0.717, 1.165) is 12.4 Å². The van der Waals surface area contributed by atoms with Crippen molar-refractivity contribution in [1.82, 2.24) is 0 Å². The fourth-order valence-electron chi connectivity index (χ4n) is 1.47. The maximum absolute atomic E-state index is 11.9. The third-order valence-corrected chi connectivity index (χ3v) is 2.21. The van der Waals surface area contributed by atoms with Gasteiger partial charge in [0.25, 0.3) is 0 Å². The molecule has 1 heterocycles. The minimum Gasteiger partial charge on any atom is -0.710 e. The molecule has 0 unspecified atom stereocenters. The van der Waals surface area contributed by atoms with Gasteiger partial charge in [0.05, 0.1) is 0 Å². The lowest BCUT2D eigenvalue weighted by atomic mass is 10.2. The van der Waals surface area contributed by atoms with E-state index in [-0.39, 0.29) is 21.1 Å². The Kier molecular flexibility index (Phi) is 5.43. The number of carbonyl (C=O) groups excluding carboxylic acids is 2. The predicted octanol–water partition coefficient (Wildman–Crippen LogP) is 1.65. The second-order valence-corrected chi connectivity index (χ2v) is 6.93. The summed E-state index contributed by atoms with van der Waals surface area (Å²) in [4.78, 5) is 23.2. The lowest BCUT2D eigenvalue weighted by Gasteiger charge is -2.19. The number of hydrogen-bond donors (Lipinski definition) is 2. The number of carbonyl (C=O) groups is 2. The van der Waals surface area contributed by atoms with Gasteiger partial charge < -0.3 is 19.9 Å². The lowest BCUT2D eigenvalue weighted by Crippen LogP contribution is -2.43. The standard InChI is InChI=1S/C14H22N4O6/c1-13(2,3)23-11(19)15-9-7-18(22)10(8-17(9)21)16-12(20)24-14(4,5)6/h7-8H,1-6H3,(H,15,19)(H,16,20). The Morgan fingerprint density at radius 3 is 1.38 bits per heavy atom. The van der Waals surface area contributed by atoms with Crippen LogP contribution < -0.4 is 20.1 Å². The maximum Gasteiger partial charge on any atom is 0.505 e. The molecule has 10 nitrogen and oxygen atoms in total. The topological polar surface area (TPSA) is 131 Å². The zero-order chi connectivity index (χ0) is 18.7. The molecule has 0 radical (unpaired) electrons. The fraction of sp³-hybridized carbons (Fsp3) is 0.571. The fourth-order valence-corrected chi connectivity index (χ4v) is 1.47. The van der Waals surface area contributed by atoms with Gasteiger partial charge in [-0.05, 0) is 41.5 Å². The molecule has 134 valence electrons. The summed E-state index contributed by atoms with van der Waals surface area (Å²) in [6.45, 7) is 9.91. The minimum atomic E-state index is -0.889. The third kappa shape index (κ3) is 6.55. The van der Waals surface area contributed by atoms with Crippen LogP contribution >= 0.6 is 0 Å². The van der Waals surface area contributed by atoms with Crippen molar-refractivity contribution in [1.29, 1.82) is 0 Å². The molecule has 2 N–H and O–H groups in total. The van der Waals surface area contributed by atoms with E-state index in [0.29, 0.717) is 0 Å². The van der Waals surface area contributed by atoms with Gasteiger partial charge in [-0.1, -0.05) is 0 Å². The number of nitrogens with one attached hydrogen (secondary N) is 2. The maximum atomic E-state index is 11.9. The summed E-state index contributed by atoms with van der Waals surface area (Å²) < 4.78 is 10.4. The largest absolute Gasteiger partial charge is 0.710 e. The first kappa shape index (κ1) is 19.3. The molecular formula is C14H22N4O6. The van der Waals surface area contributed by atoms with Crippen LogP contribution in [0.25, 0.3) is 0 Å². The molecule has 0 saturated heterocycles. The van der Waals surface area contributed by atoms with Gasteiger partial charge in [0, 0.05) is 0 Å². The Labute approximate surface area is 139 Å². The van der Waals surface area contributed by atoms with Crippen molar-refractivity contribution in [3.8, 4) is 0 Å². The van der Waals surface area contributed by atoms with E-state index < -0.39 is 23.4 Å². The van der Waals surface area contributed by atoms with Gasteiger partial charge in [-0.15, -0.1) is 0 Å². The molecule has 1 aromatic heterocycles. The first-order valence-corrected chi connectivity index (χ1v) is 7.13. The zero-order valence-corrected chi connectivity index (χ0v) is 14.5. The van der Waals surface area contributed by atoms with Crippen molar-refractivity contribution < 1.29 is 28.5 Å². The number of nitrogens with zero attached hydrogens (tertiary/aromatic N) is 2. The van der Waals surface area contributed by atoms with Crippen LogP contribution in [0.2, 0.25) is 0 Å². The van der Waals surface area contributed by atoms with Crippen LogP contribution in [0.4, 0.5) is 21.2 Å². The Bertz CT molecular complexity index is 578. The van der Waals surface area contributed by atoms with Gasteiger partial charge in [0.2, 0.25) is 0 Å².